The number of amides is 1. The summed E-state index contributed by atoms with van der Waals surface area (Å²) in [5.41, 5.74) is 4.32. The van der Waals surface area contributed by atoms with E-state index < -0.39 is 0 Å². The highest BCUT2D eigenvalue weighted by molar-refractivity contribution is 7.99. The van der Waals surface area contributed by atoms with Crippen LogP contribution in [0.1, 0.15) is 34.8 Å². The molecule has 1 aliphatic rings. The first-order valence-electron chi connectivity index (χ1n) is 7.97. The second-order valence-electron chi connectivity index (χ2n) is 6.26. The van der Waals surface area contributed by atoms with E-state index in [1.54, 1.807) is 11.5 Å². The summed E-state index contributed by atoms with van der Waals surface area (Å²) in [5, 5.41) is 3.71. The summed E-state index contributed by atoms with van der Waals surface area (Å²) in [6.07, 6.45) is 0.276. The number of rotatable bonds is 3. The fourth-order valence-corrected chi connectivity index (χ4v) is 4.12. The van der Waals surface area contributed by atoms with Crippen LogP contribution in [0.4, 0.5) is 5.69 Å². The number of nitrogens with one attached hydrogen (secondary N) is 1. The Morgan fingerprint density at radius 1 is 1.29 bits per heavy atom. The molecule has 0 saturated heterocycles. The van der Waals surface area contributed by atoms with Gasteiger partial charge in [-0.05, 0) is 38.8 Å². The molecule has 5 nitrogen and oxygen atoms in total. The molecule has 1 aromatic carbocycles. The number of anilines is 1. The molecule has 2 heterocycles. The van der Waals surface area contributed by atoms with Crippen LogP contribution in [0.25, 0.3) is 0 Å². The van der Waals surface area contributed by atoms with Crippen molar-refractivity contribution in [2.45, 2.75) is 45.3 Å². The molecule has 0 saturated carbocycles. The zero-order valence-electron chi connectivity index (χ0n) is 14.3. The highest BCUT2D eigenvalue weighted by Crippen LogP contribution is 2.33. The van der Waals surface area contributed by atoms with Crippen LogP contribution in [0.3, 0.4) is 0 Å². The Morgan fingerprint density at radius 3 is 2.62 bits per heavy atom. The highest BCUT2D eigenvalue weighted by atomic mass is 32.2. The number of fused-ring (bicyclic) bond motifs is 1. The standard InChI is InChI=1S/C18H21N3O2S/c1-10-6-5-7-11(2)16(10)20-15(22)8-14-9-24-18-19-13(4)12(3)17(23)21(14)18/h5-7,14H,8-9H2,1-4H3,(H,20,22). The SMILES string of the molecule is Cc1cccc(C)c1NC(=O)CC1CSc2nc(C)c(C)c(=O)n21. The number of carbonyl (C=O) groups is 1. The first-order valence-corrected chi connectivity index (χ1v) is 8.95. The van der Waals surface area contributed by atoms with Crippen LogP contribution < -0.4 is 10.9 Å². The first kappa shape index (κ1) is 16.8. The van der Waals surface area contributed by atoms with E-state index in [0.29, 0.717) is 16.5 Å². The number of aryl methyl sites for hydroxylation is 3. The van der Waals surface area contributed by atoms with Gasteiger partial charge in [0.15, 0.2) is 5.16 Å². The first-order chi connectivity index (χ1) is 11.4. The molecule has 1 amide bonds. The number of carbonyl (C=O) groups excluding carboxylic acids is 1. The van der Waals surface area contributed by atoms with Gasteiger partial charge in [0.25, 0.3) is 5.56 Å². The van der Waals surface area contributed by atoms with Crippen LogP contribution in [0.15, 0.2) is 28.2 Å². The molecule has 1 aromatic heterocycles. The van der Waals surface area contributed by atoms with Gasteiger partial charge in [-0.15, -0.1) is 0 Å². The fraction of sp³-hybridized carbons (Fsp3) is 0.389. The minimum absolute atomic E-state index is 0.0348. The third kappa shape index (κ3) is 2.98. The van der Waals surface area contributed by atoms with Crippen molar-refractivity contribution in [1.29, 1.82) is 0 Å². The third-order valence-electron chi connectivity index (χ3n) is 4.49. The molecular formula is C18H21N3O2S. The van der Waals surface area contributed by atoms with Crippen molar-refractivity contribution in [2.75, 3.05) is 11.1 Å². The zero-order chi connectivity index (χ0) is 17.4. The molecule has 126 valence electrons. The lowest BCUT2D eigenvalue weighted by atomic mass is 10.1. The maximum atomic E-state index is 12.5. The largest absolute Gasteiger partial charge is 0.326 e. The van der Waals surface area contributed by atoms with Crippen LogP contribution in [0.2, 0.25) is 0 Å². The Balaban J connectivity index is 1.81. The third-order valence-corrected chi connectivity index (χ3v) is 5.59. The van der Waals surface area contributed by atoms with Crippen molar-refractivity contribution in [3.05, 3.63) is 50.9 Å². The van der Waals surface area contributed by atoms with Gasteiger partial charge < -0.3 is 5.32 Å². The lowest BCUT2D eigenvalue weighted by molar-refractivity contribution is -0.116. The molecule has 3 rings (SSSR count). The van der Waals surface area contributed by atoms with E-state index in [2.05, 4.69) is 10.3 Å². The van der Waals surface area contributed by atoms with Crippen molar-refractivity contribution in [1.82, 2.24) is 9.55 Å². The van der Waals surface area contributed by atoms with E-state index in [-0.39, 0.29) is 23.9 Å². The van der Waals surface area contributed by atoms with Crippen molar-refractivity contribution < 1.29 is 4.79 Å². The van der Waals surface area contributed by atoms with Crippen molar-refractivity contribution in [3.8, 4) is 0 Å². The van der Waals surface area contributed by atoms with Gasteiger partial charge in [-0.2, -0.15) is 0 Å². The minimum atomic E-state index is -0.145. The number of aromatic nitrogens is 2. The summed E-state index contributed by atoms with van der Waals surface area (Å²) in [7, 11) is 0. The van der Waals surface area contributed by atoms with Crippen LogP contribution in [-0.2, 0) is 4.79 Å². The Labute approximate surface area is 145 Å². The fourth-order valence-electron chi connectivity index (χ4n) is 2.94. The van der Waals surface area contributed by atoms with Gasteiger partial charge in [0.2, 0.25) is 5.91 Å². The Hall–Kier alpha value is -2.08. The zero-order valence-corrected chi connectivity index (χ0v) is 15.2. The van der Waals surface area contributed by atoms with Gasteiger partial charge in [0, 0.05) is 29.1 Å². The average molecular weight is 343 g/mol. The molecule has 0 spiro atoms. The van der Waals surface area contributed by atoms with Gasteiger partial charge in [-0.3, -0.25) is 14.2 Å². The second kappa shape index (κ2) is 6.43. The highest BCUT2D eigenvalue weighted by Gasteiger charge is 2.28. The van der Waals surface area contributed by atoms with Gasteiger partial charge in [-0.25, -0.2) is 4.98 Å². The predicted molar refractivity (Wildman–Crippen MR) is 96.9 cm³/mol. The maximum Gasteiger partial charge on any atom is 0.257 e. The van der Waals surface area contributed by atoms with Crippen molar-refractivity contribution in [3.63, 3.8) is 0 Å². The van der Waals surface area contributed by atoms with Gasteiger partial charge in [-0.1, -0.05) is 30.0 Å². The molecule has 0 fully saturated rings. The molecule has 1 unspecified atom stereocenters. The van der Waals surface area contributed by atoms with E-state index in [1.165, 1.54) is 11.8 Å². The summed E-state index contributed by atoms with van der Waals surface area (Å²) in [5.74, 6) is 0.627. The van der Waals surface area contributed by atoms with Crippen LogP contribution in [-0.4, -0.2) is 21.2 Å². The molecule has 1 N–H and O–H groups in total. The maximum absolute atomic E-state index is 12.5. The molecule has 2 aromatic rings. The monoisotopic (exact) mass is 343 g/mol. The minimum Gasteiger partial charge on any atom is -0.326 e. The number of nitrogens with zero attached hydrogens (tertiary/aromatic N) is 2. The van der Waals surface area contributed by atoms with Crippen molar-refractivity contribution >= 4 is 23.4 Å². The molecule has 24 heavy (non-hydrogen) atoms. The lowest BCUT2D eigenvalue weighted by Gasteiger charge is -2.16. The molecule has 6 heteroatoms. The summed E-state index contributed by atoms with van der Waals surface area (Å²) in [6, 6.07) is 5.78. The Kier molecular flexibility index (Phi) is 4.49. The average Bonchev–Trinajstić information content (AvgIpc) is 2.91. The summed E-state index contributed by atoms with van der Waals surface area (Å²) < 4.78 is 1.68. The molecule has 1 atom stereocenters. The summed E-state index contributed by atoms with van der Waals surface area (Å²) >= 11 is 1.54. The lowest BCUT2D eigenvalue weighted by Crippen LogP contribution is -2.29. The van der Waals surface area contributed by atoms with Gasteiger partial charge >= 0.3 is 0 Å². The van der Waals surface area contributed by atoms with E-state index in [4.69, 9.17) is 0 Å². The topological polar surface area (TPSA) is 64.0 Å². The quantitative estimate of drug-likeness (QED) is 0.870. The van der Waals surface area contributed by atoms with Gasteiger partial charge in [0.05, 0.1) is 6.04 Å². The van der Waals surface area contributed by atoms with Crippen LogP contribution in [0, 0.1) is 27.7 Å². The summed E-state index contributed by atoms with van der Waals surface area (Å²) in [6.45, 7) is 7.58. The van der Waals surface area contributed by atoms with E-state index in [1.807, 2.05) is 39.0 Å². The van der Waals surface area contributed by atoms with Crippen LogP contribution >= 0.6 is 11.8 Å². The van der Waals surface area contributed by atoms with E-state index in [0.717, 1.165) is 22.5 Å². The molecule has 0 aliphatic carbocycles. The second-order valence-corrected chi connectivity index (χ2v) is 7.25. The molecule has 0 radical (unpaired) electrons. The Morgan fingerprint density at radius 2 is 1.96 bits per heavy atom. The number of hydrogen-bond donors (Lipinski definition) is 1. The Bertz CT molecular complexity index is 853. The summed E-state index contributed by atoms with van der Waals surface area (Å²) in [4.78, 5) is 29.5. The van der Waals surface area contributed by atoms with Crippen LogP contribution in [0.5, 0.6) is 0 Å². The normalized spacial score (nSPS) is 16.1. The smallest absolute Gasteiger partial charge is 0.257 e. The van der Waals surface area contributed by atoms with Gasteiger partial charge in [0.1, 0.15) is 0 Å². The predicted octanol–water partition coefficient (Wildman–Crippen LogP) is 3.15. The number of thioether (sulfide) groups is 1. The molecule has 1 aliphatic heterocycles. The van der Waals surface area contributed by atoms with Crippen molar-refractivity contribution in [2.24, 2.45) is 0 Å². The number of para-hydroxylation sites is 1. The molecule has 0 bridgehead atoms. The van der Waals surface area contributed by atoms with E-state index >= 15 is 0 Å². The van der Waals surface area contributed by atoms with E-state index in [9.17, 15) is 9.59 Å². The molecular weight excluding hydrogens is 322 g/mol. The number of benzene rings is 1. The number of hydrogen-bond acceptors (Lipinski definition) is 4.